The second-order valence-electron chi connectivity index (χ2n) is 4.01. The summed E-state index contributed by atoms with van der Waals surface area (Å²) in [5.41, 5.74) is 0.511. The van der Waals surface area contributed by atoms with Gasteiger partial charge in [-0.15, -0.1) is 0 Å². The van der Waals surface area contributed by atoms with Crippen LogP contribution >= 0.6 is 0 Å². The zero-order valence-electron chi connectivity index (χ0n) is 9.44. The highest BCUT2D eigenvalue weighted by molar-refractivity contribution is 5.92. The standard InChI is InChI=1S/C13H16O3/c1-15-12-9-5-4-8-11(12)13(14)16-10-6-2-3-7-10/h4-5,8-10H,2-3,6-7H2,1H3. The van der Waals surface area contributed by atoms with Gasteiger partial charge in [-0.05, 0) is 37.8 Å². The van der Waals surface area contributed by atoms with Crippen LogP contribution < -0.4 is 4.74 Å². The first kappa shape index (κ1) is 11.0. The van der Waals surface area contributed by atoms with Crippen LogP contribution in [0.3, 0.4) is 0 Å². The molecule has 0 heterocycles. The first-order chi connectivity index (χ1) is 7.81. The van der Waals surface area contributed by atoms with E-state index in [1.54, 1.807) is 19.2 Å². The highest BCUT2D eigenvalue weighted by atomic mass is 16.5. The minimum Gasteiger partial charge on any atom is -0.496 e. The number of benzene rings is 1. The van der Waals surface area contributed by atoms with E-state index >= 15 is 0 Å². The molecule has 1 saturated carbocycles. The average molecular weight is 220 g/mol. The van der Waals surface area contributed by atoms with Gasteiger partial charge < -0.3 is 9.47 Å². The molecule has 1 fully saturated rings. The van der Waals surface area contributed by atoms with E-state index in [-0.39, 0.29) is 12.1 Å². The number of carbonyl (C=O) groups is 1. The molecule has 0 aromatic heterocycles. The molecule has 0 radical (unpaired) electrons. The Balaban J connectivity index is 2.07. The molecule has 0 amide bonds. The van der Waals surface area contributed by atoms with Crippen LogP contribution in [0.15, 0.2) is 24.3 Å². The van der Waals surface area contributed by atoms with Gasteiger partial charge in [0.2, 0.25) is 0 Å². The Labute approximate surface area is 95.4 Å². The summed E-state index contributed by atoms with van der Waals surface area (Å²) in [7, 11) is 1.56. The summed E-state index contributed by atoms with van der Waals surface area (Å²) in [6, 6.07) is 7.15. The number of esters is 1. The van der Waals surface area contributed by atoms with E-state index in [1.165, 1.54) is 0 Å². The summed E-state index contributed by atoms with van der Waals surface area (Å²) in [6.07, 6.45) is 4.38. The van der Waals surface area contributed by atoms with Gasteiger partial charge >= 0.3 is 5.97 Å². The SMILES string of the molecule is COc1ccccc1C(=O)OC1CCCC1. The van der Waals surface area contributed by atoms with E-state index in [1.807, 2.05) is 12.1 Å². The van der Waals surface area contributed by atoms with Crippen molar-refractivity contribution in [3.05, 3.63) is 29.8 Å². The van der Waals surface area contributed by atoms with Crippen molar-refractivity contribution < 1.29 is 14.3 Å². The lowest BCUT2D eigenvalue weighted by atomic mass is 10.2. The van der Waals surface area contributed by atoms with E-state index in [0.717, 1.165) is 25.7 Å². The Morgan fingerprint density at radius 2 is 1.94 bits per heavy atom. The molecular weight excluding hydrogens is 204 g/mol. The molecule has 0 aliphatic heterocycles. The maximum absolute atomic E-state index is 11.9. The smallest absolute Gasteiger partial charge is 0.342 e. The van der Waals surface area contributed by atoms with Crippen LogP contribution in [0.5, 0.6) is 5.75 Å². The van der Waals surface area contributed by atoms with E-state index in [0.29, 0.717) is 11.3 Å². The molecule has 1 aromatic rings. The largest absolute Gasteiger partial charge is 0.496 e. The summed E-state index contributed by atoms with van der Waals surface area (Å²) in [4.78, 5) is 11.9. The molecule has 0 saturated heterocycles. The predicted molar refractivity (Wildman–Crippen MR) is 60.7 cm³/mol. The molecule has 1 aromatic carbocycles. The molecule has 3 nitrogen and oxygen atoms in total. The molecule has 16 heavy (non-hydrogen) atoms. The van der Waals surface area contributed by atoms with Crippen molar-refractivity contribution in [1.29, 1.82) is 0 Å². The maximum Gasteiger partial charge on any atom is 0.342 e. The summed E-state index contributed by atoms with van der Waals surface area (Å²) in [5.74, 6) is 0.301. The molecule has 1 aliphatic rings. The number of carbonyl (C=O) groups excluding carboxylic acids is 1. The van der Waals surface area contributed by atoms with Gasteiger partial charge in [-0.2, -0.15) is 0 Å². The van der Waals surface area contributed by atoms with Crippen LogP contribution in [0.4, 0.5) is 0 Å². The zero-order chi connectivity index (χ0) is 11.4. The number of ether oxygens (including phenoxy) is 2. The summed E-state index contributed by atoms with van der Waals surface area (Å²) in [5, 5.41) is 0. The van der Waals surface area contributed by atoms with Gasteiger partial charge in [-0.3, -0.25) is 0 Å². The van der Waals surface area contributed by atoms with Crippen LogP contribution in [-0.4, -0.2) is 19.2 Å². The second-order valence-corrected chi connectivity index (χ2v) is 4.01. The minimum atomic E-state index is -0.274. The van der Waals surface area contributed by atoms with Crippen LogP contribution in [-0.2, 0) is 4.74 Å². The number of hydrogen-bond acceptors (Lipinski definition) is 3. The fourth-order valence-electron chi connectivity index (χ4n) is 2.03. The van der Waals surface area contributed by atoms with Crippen LogP contribution in [0.1, 0.15) is 36.0 Å². The van der Waals surface area contributed by atoms with Crippen LogP contribution in [0.2, 0.25) is 0 Å². The third kappa shape index (κ3) is 2.35. The van der Waals surface area contributed by atoms with Gasteiger partial charge in [0.05, 0.1) is 7.11 Å². The lowest BCUT2D eigenvalue weighted by Gasteiger charge is -2.12. The van der Waals surface area contributed by atoms with Gasteiger partial charge in [-0.1, -0.05) is 12.1 Å². The quantitative estimate of drug-likeness (QED) is 0.735. The molecule has 3 heteroatoms. The highest BCUT2D eigenvalue weighted by Crippen LogP contribution is 2.24. The Kier molecular flexibility index (Phi) is 3.44. The van der Waals surface area contributed by atoms with E-state index in [4.69, 9.17) is 9.47 Å². The minimum absolute atomic E-state index is 0.0948. The molecule has 86 valence electrons. The summed E-state index contributed by atoms with van der Waals surface area (Å²) >= 11 is 0. The lowest BCUT2D eigenvalue weighted by Crippen LogP contribution is -2.15. The highest BCUT2D eigenvalue weighted by Gasteiger charge is 2.21. The first-order valence-corrected chi connectivity index (χ1v) is 5.65. The van der Waals surface area contributed by atoms with Crippen molar-refractivity contribution >= 4 is 5.97 Å². The number of hydrogen-bond donors (Lipinski definition) is 0. The van der Waals surface area contributed by atoms with Crippen molar-refractivity contribution in [1.82, 2.24) is 0 Å². The maximum atomic E-state index is 11.9. The molecule has 0 bridgehead atoms. The second kappa shape index (κ2) is 5.01. The van der Waals surface area contributed by atoms with Crippen LogP contribution in [0.25, 0.3) is 0 Å². The third-order valence-corrected chi connectivity index (χ3v) is 2.90. The number of rotatable bonds is 3. The Bertz CT molecular complexity index is 367. The molecular formula is C13H16O3. The van der Waals surface area contributed by atoms with Crippen molar-refractivity contribution in [3.63, 3.8) is 0 Å². The predicted octanol–water partition coefficient (Wildman–Crippen LogP) is 2.79. The van der Waals surface area contributed by atoms with Gasteiger partial charge in [0.1, 0.15) is 17.4 Å². The molecule has 0 atom stereocenters. The molecule has 0 spiro atoms. The molecule has 2 rings (SSSR count). The van der Waals surface area contributed by atoms with Crippen LogP contribution in [0, 0.1) is 0 Å². The summed E-state index contributed by atoms with van der Waals surface area (Å²) in [6.45, 7) is 0. The first-order valence-electron chi connectivity index (χ1n) is 5.65. The van der Waals surface area contributed by atoms with Gasteiger partial charge in [0.15, 0.2) is 0 Å². The average Bonchev–Trinajstić information content (AvgIpc) is 2.81. The van der Waals surface area contributed by atoms with Gasteiger partial charge in [-0.25, -0.2) is 4.79 Å². The summed E-state index contributed by atoms with van der Waals surface area (Å²) < 4.78 is 10.6. The van der Waals surface area contributed by atoms with Crippen molar-refractivity contribution in [3.8, 4) is 5.75 Å². The number of methoxy groups -OCH3 is 1. The Morgan fingerprint density at radius 1 is 1.25 bits per heavy atom. The normalized spacial score (nSPS) is 16.1. The topological polar surface area (TPSA) is 35.5 Å². The Morgan fingerprint density at radius 3 is 2.62 bits per heavy atom. The number of para-hydroxylation sites is 1. The molecule has 0 N–H and O–H groups in total. The zero-order valence-corrected chi connectivity index (χ0v) is 9.44. The van der Waals surface area contributed by atoms with Crippen molar-refractivity contribution in [2.24, 2.45) is 0 Å². The lowest BCUT2D eigenvalue weighted by molar-refractivity contribution is 0.0314. The van der Waals surface area contributed by atoms with Crippen molar-refractivity contribution in [2.45, 2.75) is 31.8 Å². The van der Waals surface area contributed by atoms with Gasteiger partial charge in [0, 0.05) is 0 Å². The van der Waals surface area contributed by atoms with E-state index in [2.05, 4.69) is 0 Å². The fourth-order valence-corrected chi connectivity index (χ4v) is 2.03. The van der Waals surface area contributed by atoms with Gasteiger partial charge in [0.25, 0.3) is 0 Å². The van der Waals surface area contributed by atoms with E-state index in [9.17, 15) is 4.79 Å². The van der Waals surface area contributed by atoms with E-state index < -0.39 is 0 Å². The third-order valence-electron chi connectivity index (χ3n) is 2.90. The molecule has 0 unspecified atom stereocenters. The Hall–Kier alpha value is -1.51. The fraction of sp³-hybridized carbons (Fsp3) is 0.462. The van der Waals surface area contributed by atoms with Crippen molar-refractivity contribution in [2.75, 3.05) is 7.11 Å². The monoisotopic (exact) mass is 220 g/mol. The molecule has 1 aliphatic carbocycles.